The highest BCUT2D eigenvalue weighted by atomic mass is 19.4. The van der Waals surface area contributed by atoms with E-state index in [-0.39, 0.29) is 6.03 Å². The second kappa shape index (κ2) is 4.65. The number of benzene rings is 1. The summed E-state index contributed by atoms with van der Waals surface area (Å²) in [4.78, 5) is 12.6. The molecule has 0 radical (unpaired) electrons. The molecule has 0 fully saturated rings. The molecule has 0 heterocycles. The molecule has 0 aromatic heterocycles. The number of nitrogens with zero attached hydrogens (tertiary/aromatic N) is 1. The predicted molar refractivity (Wildman–Crippen MR) is 58.9 cm³/mol. The Kier molecular flexibility index (Phi) is 3.65. The monoisotopic (exact) mass is 246 g/mol. The fourth-order valence-corrected chi connectivity index (χ4v) is 1.21. The minimum absolute atomic E-state index is 0.370. The molecule has 0 aliphatic rings. The Hall–Kier alpha value is -1.72. The van der Waals surface area contributed by atoms with Crippen LogP contribution in [0.2, 0.25) is 0 Å². The summed E-state index contributed by atoms with van der Waals surface area (Å²) >= 11 is 0. The second-order valence-corrected chi connectivity index (χ2v) is 3.85. The smallest absolute Gasteiger partial charge is 0.331 e. The van der Waals surface area contributed by atoms with E-state index in [1.807, 2.05) is 0 Å². The van der Waals surface area contributed by atoms with Crippen molar-refractivity contribution in [3.63, 3.8) is 0 Å². The van der Waals surface area contributed by atoms with Crippen LogP contribution in [0, 0.1) is 6.92 Å². The van der Waals surface area contributed by atoms with Crippen molar-refractivity contribution in [2.24, 2.45) is 0 Å². The molecule has 1 aromatic rings. The summed E-state index contributed by atoms with van der Waals surface area (Å²) < 4.78 is 37.2. The summed E-state index contributed by atoms with van der Waals surface area (Å²) in [5.74, 6) is 0. The molecule has 6 heteroatoms. The van der Waals surface area contributed by atoms with Crippen LogP contribution in [0.4, 0.5) is 23.7 Å². The zero-order chi connectivity index (χ0) is 13.2. The van der Waals surface area contributed by atoms with Gasteiger partial charge in [-0.15, -0.1) is 0 Å². The van der Waals surface area contributed by atoms with Crippen LogP contribution in [0.15, 0.2) is 18.2 Å². The van der Waals surface area contributed by atoms with Crippen LogP contribution >= 0.6 is 0 Å². The number of urea groups is 1. The first-order chi connectivity index (χ1) is 7.71. The Balaban J connectivity index is 2.95. The molecule has 0 aliphatic heterocycles. The molecule has 2 amide bonds. The summed E-state index contributed by atoms with van der Waals surface area (Å²) in [5, 5.41) is 2.51. The Morgan fingerprint density at radius 2 is 1.88 bits per heavy atom. The number of carbonyl (C=O) groups excluding carboxylic acids is 1. The average molecular weight is 246 g/mol. The lowest BCUT2D eigenvalue weighted by molar-refractivity contribution is -0.137. The normalized spacial score (nSPS) is 11.2. The van der Waals surface area contributed by atoms with Gasteiger partial charge in [0.1, 0.15) is 0 Å². The third kappa shape index (κ3) is 3.37. The van der Waals surface area contributed by atoms with E-state index in [9.17, 15) is 18.0 Å². The summed E-state index contributed by atoms with van der Waals surface area (Å²) in [6.45, 7) is 1.51. The van der Waals surface area contributed by atoms with Gasteiger partial charge in [-0.05, 0) is 30.7 Å². The SMILES string of the molecule is Cc1cc(C(F)(F)F)ccc1NC(=O)N(C)C. The van der Waals surface area contributed by atoms with Crippen LogP contribution in [0.1, 0.15) is 11.1 Å². The van der Waals surface area contributed by atoms with Gasteiger partial charge in [0, 0.05) is 19.8 Å². The van der Waals surface area contributed by atoms with Crippen LogP contribution in [-0.2, 0) is 6.18 Å². The number of halogens is 3. The van der Waals surface area contributed by atoms with Gasteiger partial charge >= 0.3 is 12.2 Å². The number of hydrogen-bond donors (Lipinski definition) is 1. The van der Waals surface area contributed by atoms with Crippen molar-refractivity contribution in [2.45, 2.75) is 13.1 Å². The lowest BCUT2D eigenvalue weighted by Crippen LogP contribution is -2.27. The molecule has 94 valence electrons. The topological polar surface area (TPSA) is 32.3 Å². The third-order valence-electron chi connectivity index (χ3n) is 2.20. The van der Waals surface area contributed by atoms with Crippen molar-refractivity contribution in [1.29, 1.82) is 0 Å². The molecule has 0 aliphatic carbocycles. The van der Waals surface area contributed by atoms with Gasteiger partial charge in [0.2, 0.25) is 0 Å². The summed E-state index contributed by atoms with van der Waals surface area (Å²) in [6.07, 6.45) is -4.37. The molecule has 1 aromatic carbocycles. The molecule has 1 N–H and O–H groups in total. The molecule has 0 saturated heterocycles. The maximum absolute atomic E-state index is 12.4. The molecule has 17 heavy (non-hydrogen) atoms. The number of rotatable bonds is 1. The van der Waals surface area contributed by atoms with Crippen molar-refractivity contribution in [2.75, 3.05) is 19.4 Å². The van der Waals surface area contributed by atoms with Crippen LogP contribution in [-0.4, -0.2) is 25.0 Å². The number of nitrogens with one attached hydrogen (secondary N) is 1. The van der Waals surface area contributed by atoms with E-state index in [0.29, 0.717) is 11.3 Å². The lowest BCUT2D eigenvalue weighted by Gasteiger charge is -2.15. The first kappa shape index (κ1) is 13.3. The summed E-state index contributed by atoms with van der Waals surface area (Å²) in [7, 11) is 3.10. The van der Waals surface area contributed by atoms with E-state index in [0.717, 1.165) is 12.1 Å². The van der Waals surface area contributed by atoms with Gasteiger partial charge in [-0.2, -0.15) is 13.2 Å². The van der Waals surface area contributed by atoms with Gasteiger partial charge < -0.3 is 10.2 Å². The predicted octanol–water partition coefficient (Wildman–Crippen LogP) is 3.11. The van der Waals surface area contributed by atoms with Gasteiger partial charge in [0.25, 0.3) is 0 Å². The van der Waals surface area contributed by atoms with E-state index in [2.05, 4.69) is 5.32 Å². The van der Waals surface area contributed by atoms with Gasteiger partial charge in [-0.1, -0.05) is 0 Å². The van der Waals surface area contributed by atoms with Gasteiger partial charge in [-0.3, -0.25) is 0 Å². The van der Waals surface area contributed by atoms with Gasteiger partial charge in [0.05, 0.1) is 5.56 Å². The Labute approximate surface area is 97.2 Å². The molecule has 3 nitrogen and oxygen atoms in total. The number of amides is 2. The van der Waals surface area contributed by atoms with E-state index in [4.69, 9.17) is 0 Å². The Bertz CT molecular complexity index is 427. The number of aryl methyl sites for hydroxylation is 1. The standard InChI is InChI=1S/C11H13F3N2O/c1-7-6-8(11(12,13)14)4-5-9(7)15-10(17)16(2)3/h4-6H,1-3H3,(H,15,17). The minimum atomic E-state index is -4.37. The highest BCUT2D eigenvalue weighted by molar-refractivity contribution is 5.89. The molecule has 1 rings (SSSR count). The van der Waals surface area contributed by atoms with Crippen molar-refractivity contribution < 1.29 is 18.0 Å². The molecule has 0 spiro atoms. The van der Waals surface area contributed by atoms with Crippen molar-refractivity contribution in [3.8, 4) is 0 Å². The van der Waals surface area contributed by atoms with Crippen molar-refractivity contribution >= 4 is 11.7 Å². The van der Waals surface area contributed by atoms with E-state index in [1.54, 1.807) is 14.1 Å². The molecule has 0 saturated carbocycles. The Morgan fingerprint density at radius 3 is 2.29 bits per heavy atom. The number of hydrogen-bond acceptors (Lipinski definition) is 1. The van der Waals surface area contributed by atoms with Crippen LogP contribution in [0.3, 0.4) is 0 Å². The van der Waals surface area contributed by atoms with Crippen molar-refractivity contribution in [3.05, 3.63) is 29.3 Å². The quantitative estimate of drug-likeness (QED) is 0.811. The molecular formula is C11H13F3N2O. The fourth-order valence-electron chi connectivity index (χ4n) is 1.21. The zero-order valence-corrected chi connectivity index (χ0v) is 9.72. The number of carbonyl (C=O) groups is 1. The molecule has 0 unspecified atom stereocenters. The minimum Gasteiger partial charge on any atom is -0.331 e. The van der Waals surface area contributed by atoms with E-state index < -0.39 is 11.7 Å². The zero-order valence-electron chi connectivity index (χ0n) is 9.72. The van der Waals surface area contributed by atoms with Crippen LogP contribution < -0.4 is 5.32 Å². The Morgan fingerprint density at radius 1 is 1.29 bits per heavy atom. The lowest BCUT2D eigenvalue weighted by atomic mass is 10.1. The first-order valence-electron chi connectivity index (χ1n) is 4.88. The maximum atomic E-state index is 12.4. The number of alkyl halides is 3. The first-order valence-corrected chi connectivity index (χ1v) is 4.88. The fraction of sp³-hybridized carbons (Fsp3) is 0.364. The summed E-state index contributed by atoms with van der Waals surface area (Å²) in [6, 6.07) is 2.82. The second-order valence-electron chi connectivity index (χ2n) is 3.85. The van der Waals surface area contributed by atoms with Crippen molar-refractivity contribution in [1.82, 2.24) is 4.90 Å². The summed E-state index contributed by atoms with van der Waals surface area (Å²) in [5.41, 5.74) is 0.0181. The van der Waals surface area contributed by atoms with E-state index >= 15 is 0 Å². The maximum Gasteiger partial charge on any atom is 0.416 e. The molecular weight excluding hydrogens is 233 g/mol. The molecule has 0 atom stereocenters. The van der Waals surface area contributed by atoms with Gasteiger partial charge in [0.15, 0.2) is 0 Å². The highest BCUT2D eigenvalue weighted by Crippen LogP contribution is 2.31. The van der Waals surface area contributed by atoms with Gasteiger partial charge in [-0.25, -0.2) is 4.79 Å². The van der Waals surface area contributed by atoms with Crippen LogP contribution in [0.5, 0.6) is 0 Å². The highest BCUT2D eigenvalue weighted by Gasteiger charge is 2.30. The number of anilines is 1. The van der Waals surface area contributed by atoms with Crippen LogP contribution in [0.25, 0.3) is 0 Å². The third-order valence-corrected chi connectivity index (χ3v) is 2.20. The average Bonchev–Trinajstić information content (AvgIpc) is 2.19. The van der Waals surface area contributed by atoms with E-state index in [1.165, 1.54) is 17.9 Å². The largest absolute Gasteiger partial charge is 0.416 e. The molecule has 0 bridgehead atoms.